The van der Waals surface area contributed by atoms with Crippen molar-refractivity contribution in [2.45, 2.75) is 6.92 Å². The number of urea groups is 1. The second-order valence-electron chi connectivity index (χ2n) is 4.50. The Morgan fingerprint density at radius 2 is 1.87 bits per heavy atom. The molecule has 0 unspecified atom stereocenters. The quantitative estimate of drug-likeness (QED) is 0.593. The molecule has 3 amide bonds. The van der Waals surface area contributed by atoms with Gasteiger partial charge in [-0.05, 0) is 30.3 Å². The van der Waals surface area contributed by atoms with Gasteiger partial charge in [0.05, 0.1) is 5.56 Å². The second kappa shape index (κ2) is 7.37. The topological polar surface area (TPSA) is 100 Å². The second-order valence-corrected chi connectivity index (χ2v) is 4.94. The number of ketones is 1. The van der Waals surface area contributed by atoms with Gasteiger partial charge in [-0.1, -0.05) is 17.7 Å². The minimum Gasteiger partial charge on any atom is -0.307 e. The van der Waals surface area contributed by atoms with Crippen LogP contribution in [0.4, 0.5) is 10.5 Å². The monoisotopic (exact) mass is 332 g/mol. The fraction of sp³-hybridized carbons (Fsp3) is 0.0667. The number of Topliss-reactive ketones (excluding diaryl/α,β-unsaturated/α-hetero) is 1. The van der Waals surface area contributed by atoms with E-state index in [1.807, 2.05) is 0 Å². The molecule has 8 heteroatoms. The minimum atomic E-state index is -0.658. The van der Waals surface area contributed by atoms with Gasteiger partial charge in [0.2, 0.25) is 0 Å². The zero-order valence-corrected chi connectivity index (χ0v) is 12.8. The Morgan fingerprint density at radius 1 is 1.09 bits per heavy atom. The van der Waals surface area contributed by atoms with Crippen LogP contribution in [-0.2, 0) is 0 Å². The standard InChI is InChI=1S/C15H13ClN4O3/c1-9(21)13-12(6-3-7-17-13)14(22)19-20-15(23)18-11-5-2-4-10(16)8-11/h2-8H,1H3,(H,19,22)(H2,18,20,23). The highest BCUT2D eigenvalue weighted by molar-refractivity contribution is 6.30. The van der Waals surface area contributed by atoms with Crippen LogP contribution in [0, 0.1) is 0 Å². The molecule has 23 heavy (non-hydrogen) atoms. The van der Waals surface area contributed by atoms with Crippen LogP contribution in [0.25, 0.3) is 0 Å². The molecule has 2 rings (SSSR count). The zero-order chi connectivity index (χ0) is 16.8. The first-order valence-electron chi connectivity index (χ1n) is 6.56. The summed E-state index contributed by atoms with van der Waals surface area (Å²) in [6, 6.07) is 8.83. The largest absolute Gasteiger partial charge is 0.337 e. The first-order chi connectivity index (χ1) is 11.0. The van der Waals surface area contributed by atoms with Crippen molar-refractivity contribution in [1.82, 2.24) is 15.8 Å². The Kier molecular flexibility index (Phi) is 5.27. The van der Waals surface area contributed by atoms with Gasteiger partial charge >= 0.3 is 6.03 Å². The minimum absolute atomic E-state index is 0.0297. The van der Waals surface area contributed by atoms with Gasteiger partial charge in [0.25, 0.3) is 5.91 Å². The first kappa shape index (κ1) is 16.4. The summed E-state index contributed by atoms with van der Waals surface area (Å²) in [5.74, 6) is -0.997. The van der Waals surface area contributed by atoms with Crippen LogP contribution in [0.5, 0.6) is 0 Å². The Balaban J connectivity index is 1.97. The average Bonchev–Trinajstić information content (AvgIpc) is 2.52. The van der Waals surface area contributed by atoms with Crippen molar-refractivity contribution in [2.75, 3.05) is 5.32 Å². The highest BCUT2D eigenvalue weighted by Crippen LogP contribution is 2.14. The van der Waals surface area contributed by atoms with Crippen molar-refractivity contribution < 1.29 is 14.4 Å². The average molecular weight is 333 g/mol. The molecule has 0 fully saturated rings. The van der Waals surface area contributed by atoms with E-state index in [9.17, 15) is 14.4 Å². The molecule has 0 aliphatic heterocycles. The molecule has 2 aromatic rings. The number of pyridine rings is 1. The van der Waals surface area contributed by atoms with E-state index < -0.39 is 11.9 Å². The highest BCUT2D eigenvalue weighted by Gasteiger charge is 2.15. The molecule has 1 aromatic heterocycles. The van der Waals surface area contributed by atoms with Crippen LogP contribution in [0.1, 0.15) is 27.8 Å². The van der Waals surface area contributed by atoms with Gasteiger partial charge in [0.1, 0.15) is 5.69 Å². The molecule has 0 bridgehead atoms. The van der Waals surface area contributed by atoms with E-state index in [0.29, 0.717) is 10.7 Å². The SMILES string of the molecule is CC(=O)c1ncccc1C(=O)NNC(=O)Nc1cccc(Cl)c1. The summed E-state index contributed by atoms with van der Waals surface area (Å²) in [5, 5.41) is 2.96. The Labute approximate surface area is 137 Å². The molecule has 0 aliphatic rings. The Bertz CT molecular complexity index is 764. The number of carbonyl (C=O) groups excluding carboxylic acids is 3. The van der Waals surface area contributed by atoms with Crippen LogP contribution >= 0.6 is 11.6 Å². The van der Waals surface area contributed by atoms with Crippen LogP contribution in [0.3, 0.4) is 0 Å². The molecule has 0 spiro atoms. The van der Waals surface area contributed by atoms with Crippen LogP contribution in [0.15, 0.2) is 42.6 Å². The number of benzene rings is 1. The predicted octanol–water partition coefficient (Wildman–Crippen LogP) is 2.40. The third-order valence-electron chi connectivity index (χ3n) is 2.76. The summed E-state index contributed by atoms with van der Waals surface area (Å²) < 4.78 is 0. The van der Waals surface area contributed by atoms with Crippen molar-refractivity contribution in [3.63, 3.8) is 0 Å². The fourth-order valence-corrected chi connectivity index (χ4v) is 1.97. The molecule has 1 heterocycles. The molecule has 0 saturated heterocycles. The summed E-state index contributed by atoms with van der Waals surface area (Å²) >= 11 is 5.80. The third-order valence-corrected chi connectivity index (χ3v) is 2.99. The molecule has 1 aromatic carbocycles. The number of rotatable bonds is 3. The summed E-state index contributed by atoms with van der Waals surface area (Å²) in [6.45, 7) is 1.30. The number of carbonyl (C=O) groups is 3. The lowest BCUT2D eigenvalue weighted by molar-refractivity contribution is 0.0924. The maximum atomic E-state index is 12.0. The van der Waals surface area contributed by atoms with Gasteiger partial charge < -0.3 is 5.32 Å². The van der Waals surface area contributed by atoms with Gasteiger partial charge in [-0.2, -0.15) is 0 Å². The number of hydrogen-bond donors (Lipinski definition) is 3. The van der Waals surface area contributed by atoms with E-state index >= 15 is 0 Å². The third kappa shape index (κ3) is 4.52. The number of aromatic nitrogens is 1. The molecule has 3 N–H and O–H groups in total. The lowest BCUT2D eigenvalue weighted by Crippen LogP contribution is -2.44. The smallest absolute Gasteiger partial charge is 0.307 e. The van der Waals surface area contributed by atoms with Gasteiger partial charge in [-0.3, -0.25) is 20.0 Å². The molecule has 0 radical (unpaired) electrons. The van der Waals surface area contributed by atoms with Crippen LogP contribution < -0.4 is 16.2 Å². The molecule has 0 aliphatic carbocycles. The normalized spacial score (nSPS) is 9.83. The van der Waals surface area contributed by atoms with Gasteiger partial charge in [0.15, 0.2) is 5.78 Å². The van der Waals surface area contributed by atoms with Crippen molar-refractivity contribution in [1.29, 1.82) is 0 Å². The van der Waals surface area contributed by atoms with Crippen molar-refractivity contribution in [3.8, 4) is 0 Å². The van der Waals surface area contributed by atoms with Crippen molar-refractivity contribution >= 4 is 35.0 Å². The fourth-order valence-electron chi connectivity index (χ4n) is 1.78. The number of hydrazine groups is 1. The van der Waals surface area contributed by atoms with E-state index in [4.69, 9.17) is 11.6 Å². The molecule has 0 atom stereocenters. The molecule has 118 valence electrons. The summed E-state index contributed by atoms with van der Waals surface area (Å²) in [5.41, 5.74) is 4.96. The molecule has 0 saturated carbocycles. The molecular formula is C15H13ClN4O3. The maximum Gasteiger partial charge on any atom is 0.337 e. The van der Waals surface area contributed by atoms with E-state index in [0.717, 1.165) is 0 Å². The van der Waals surface area contributed by atoms with Crippen molar-refractivity contribution in [3.05, 3.63) is 58.9 Å². The number of nitrogens with one attached hydrogen (secondary N) is 3. The van der Waals surface area contributed by atoms with Crippen molar-refractivity contribution in [2.24, 2.45) is 0 Å². The van der Waals surface area contributed by atoms with Gasteiger partial charge in [-0.25, -0.2) is 10.2 Å². The van der Waals surface area contributed by atoms with E-state index in [-0.39, 0.29) is 17.0 Å². The van der Waals surface area contributed by atoms with E-state index in [2.05, 4.69) is 21.2 Å². The Morgan fingerprint density at radius 3 is 2.57 bits per heavy atom. The number of nitrogens with zero attached hydrogens (tertiary/aromatic N) is 1. The predicted molar refractivity (Wildman–Crippen MR) is 85.3 cm³/mol. The Hall–Kier alpha value is -2.93. The maximum absolute atomic E-state index is 12.0. The molecule has 7 nitrogen and oxygen atoms in total. The summed E-state index contributed by atoms with van der Waals surface area (Å²) in [7, 11) is 0. The lowest BCUT2D eigenvalue weighted by Gasteiger charge is -2.10. The summed E-state index contributed by atoms with van der Waals surface area (Å²) in [4.78, 5) is 39.0. The van der Waals surface area contributed by atoms with Crippen LogP contribution in [-0.4, -0.2) is 22.7 Å². The van der Waals surface area contributed by atoms with Gasteiger partial charge in [-0.15, -0.1) is 0 Å². The van der Waals surface area contributed by atoms with Gasteiger partial charge in [0, 0.05) is 23.8 Å². The lowest BCUT2D eigenvalue weighted by atomic mass is 10.1. The summed E-state index contributed by atoms with van der Waals surface area (Å²) in [6.07, 6.45) is 1.41. The number of amides is 3. The number of hydrogen-bond acceptors (Lipinski definition) is 4. The first-order valence-corrected chi connectivity index (χ1v) is 6.94. The zero-order valence-electron chi connectivity index (χ0n) is 12.1. The number of halogens is 1. The van der Waals surface area contributed by atoms with E-state index in [1.165, 1.54) is 25.3 Å². The van der Waals surface area contributed by atoms with E-state index in [1.54, 1.807) is 24.3 Å². The molecular weight excluding hydrogens is 320 g/mol. The number of anilines is 1. The highest BCUT2D eigenvalue weighted by atomic mass is 35.5. The van der Waals surface area contributed by atoms with Crippen LogP contribution in [0.2, 0.25) is 5.02 Å².